The van der Waals surface area contributed by atoms with Gasteiger partial charge >= 0.3 is 4.87 Å². The van der Waals surface area contributed by atoms with Gasteiger partial charge in [0.15, 0.2) is 0 Å². The van der Waals surface area contributed by atoms with Gasteiger partial charge in [0.05, 0.1) is 16.6 Å². The average molecular weight is 657 g/mol. The van der Waals surface area contributed by atoms with E-state index in [1.165, 1.54) is 21.6 Å². The Kier molecular flexibility index (Phi) is 7.07. The van der Waals surface area contributed by atoms with E-state index >= 15 is 0 Å². The quantitative estimate of drug-likeness (QED) is 0.218. The minimum absolute atomic E-state index is 0.0632. The number of phenolic OH excluding ortho intramolecular Hbond substituents is 1. The van der Waals surface area contributed by atoms with Crippen LogP contribution in [0.2, 0.25) is 5.02 Å². The lowest BCUT2D eigenvalue weighted by molar-refractivity contribution is -0.122. The molecular formula is C28H19BrClN3O5S2. The number of phenols is 1. The molecule has 3 amide bonds. The number of imide groups is 1. The van der Waals surface area contributed by atoms with Gasteiger partial charge in [0.25, 0.3) is 0 Å². The molecule has 6 rings (SSSR count). The van der Waals surface area contributed by atoms with Crippen LogP contribution in [0.5, 0.6) is 5.75 Å². The topological polar surface area (TPSA) is 109 Å². The average Bonchev–Trinajstić information content (AvgIpc) is 3.37. The number of rotatable bonds is 5. The molecule has 202 valence electrons. The van der Waals surface area contributed by atoms with Crippen LogP contribution < -0.4 is 15.1 Å². The highest BCUT2D eigenvalue weighted by Crippen LogP contribution is 2.54. The van der Waals surface area contributed by atoms with Crippen molar-refractivity contribution in [3.8, 4) is 5.75 Å². The molecule has 2 aliphatic heterocycles. The fourth-order valence-electron chi connectivity index (χ4n) is 5.02. The summed E-state index contributed by atoms with van der Waals surface area (Å²) in [5, 5.41) is 12.4. The minimum Gasteiger partial charge on any atom is -0.508 e. The standard InChI is InChI=1S/C28H19BrClN3O5S2/c29-15-3-9-18(10-4-15)33-25(36)22-21(14-1-5-16(30)6-2-14)24-27(39-23(22)26(33)37)32(28(38)40-24)13-20(35)31-17-7-11-19(34)12-8-17/h1-12,21-23,34H,13H2,(H,31,35)/t21-,22?,23?/m1/s1. The van der Waals surface area contributed by atoms with Gasteiger partial charge in [-0.05, 0) is 66.2 Å². The molecule has 3 atom stereocenters. The lowest BCUT2D eigenvalue weighted by atomic mass is 9.83. The van der Waals surface area contributed by atoms with E-state index in [2.05, 4.69) is 21.2 Å². The fourth-order valence-corrected chi connectivity index (χ4v) is 8.18. The summed E-state index contributed by atoms with van der Waals surface area (Å²) in [5.41, 5.74) is 1.69. The van der Waals surface area contributed by atoms with E-state index in [0.29, 0.717) is 26.3 Å². The molecule has 3 heterocycles. The van der Waals surface area contributed by atoms with Gasteiger partial charge in [0.1, 0.15) is 17.5 Å². The molecule has 0 radical (unpaired) electrons. The van der Waals surface area contributed by atoms with E-state index < -0.39 is 23.0 Å². The smallest absolute Gasteiger partial charge is 0.308 e. The number of nitrogens with one attached hydrogen (secondary N) is 1. The van der Waals surface area contributed by atoms with Crippen LogP contribution in [0.4, 0.5) is 11.4 Å². The molecule has 8 nitrogen and oxygen atoms in total. The monoisotopic (exact) mass is 655 g/mol. The Hall–Kier alpha value is -3.38. The summed E-state index contributed by atoms with van der Waals surface area (Å²) in [6.07, 6.45) is 0. The molecule has 1 aromatic heterocycles. The van der Waals surface area contributed by atoms with Gasteiger partial charge in [-0.15, -0.1) is 0 Å². The Morgan fingerprint density at radius 3 is 2.30 bits per heavy atom. The first kappa shape index (κ1) is 26.8. The molecule has 12 heteroatoms. The summed E-state index contributed by atoms with van der Waals surface area (Å²) in [6.45, 7) is -0.276. The highest BCUT2D eigenvalue weighted by molar-refractivity contribution is 9.10. The summed E-state index contributed by atoms with van der Waals surface area (Å²) < 4.78 is 2.18. The fraction of sp³-hybridized carbons (Fsp3) is 0.143. The molecular weight excluding hydrogens is 638 g/mol. The largest absolute Gasteiger partial charge is 0.508 e. The molecule has 3 aromatic carbocycles. The number of carbonyl (C=O) groups is 3. The van der Waals surface area contributed by atoms with E-state index in [1.54, 1.807) is 60.7 Å². The van der Waals surface area contributed by atoms with Crippen LogP contribution in [0.1, 0.15) is 16.4 Å². The molecule has 0 aliphatic carbocycles. The maximum absolute atomic E-state index is 13.9. The normalized spacial score (nSPS) is 19.9. The first-order chi connectivity index (χ1) is 19.2. The Labute approximate surface area is 249 Å². The van der Waals surface area contributed by atoms with Crippen molar-refractivity contribution in [1.82, 2.24) is 4.57 Å². The second-order valence-electron chi connectivity index (χ2n) is 9.30. The maximum Gasteiger partial charge on any atom is 0.308 e. The van der Waals surface area contributed by atoms with Gasteiger partial charge in [0.2, 0.25) is 17.7 Å². The van der Waals surface area contributed by atoms with E-state index in [4.69, 9.17) is 11.6 Å². The van der Waals surface area contributed by atoms with Gasteiger partial charge in [-0.3, -0.25) is 23.7 Å². The first-order valence-electron chi connectivity index (χ1n) is 12.1. The third-order valence-electron chi connectivity index (χ3n) is 6.82. The zero-order valence-corrected chi connectivity index (χ0v) is 24.4. The van der Waals surface area contributed by atoms with E-state index in [1.807, 2.05) is 0 Å². The summed E-state index contributed by atoms with van der Waals surface area (Å²) in [6, 6.07) is 20.0. The Morgan fingerprint density at radius 2 is 1.62 bits per heavy atom. The number of nitrogens with zero attached hydrogens (tertiary/aromatic N) is 2. The van der Waals surface area contributed by atoms with Crippen molar-refractivity contribution in [2.24, 2.45) is 5.92 Å². The third-order valence-corrected chi connectivity index (χ3v) is 10.2. The number of hydrogen-bond donors (Lipinski definition) is 2. The second kappa shape index (κ2) is 10.5. The van der Waals surface area contributed by atoms with Crippen LogP contribution in [0.25, 0.3) is 0 Å². The predicted molar refractivity (Wildman–Crippen MR) is 158 cm³/mol. The number of carbonyl (C=O) groups excluding carboxylic acids is 3. The Bertz CT molecular complexity index is 1700. The third kappa shape index (κ3) is 4.77. The summed E-state index contributed by atoms with van der Waals surface area (Å²) in [5.74, 6) is -2.40. The molecule has 1 saturated heterocycles. The highest BCUT2D eigenvalue weighted by Gasteiger charge is 2.56. The minimum atomic E-state index is -0.787. The Balaban J connectivity index is 1.40. The number of aromatic nitrogens is 1. The molecule has 40 heavy (non-hydrogen) atoms. The van der Waals surface area contributed by atoms with Crippen molar-refractivity contribution < 1.29 is 19.5 Å². The van der Waals surface area contributed by atoms with Gasteiger partial charge in [-0.1, -0.05) is 62.8 Å². The van der Waals surface area contributed by atoms with Gasteiger partial charge in [-0.25, -0.2) is 4.90 Å². The van der Waals surface area contributed by atoms with Crippen LogP contribution in [-0.4, -0.2) is 32.6 Å². The zero-order valence-electron chi connectivity index (χ0n) is 20.4. The SMILES string of the molecule is O=C(Cn1c2c(sc1=O)[C@H](c1ccc(Cl)cc1)C1C(=O)N(c3ccc(Br)cc3)C(=O)C1S2)Nc1ccc(O)cc1. The molecule has 0 spiro atoms. The van der Waals surface area contributed by atoms with Crippen molar-refractivity contribution in [1.29, 1.82) is 0 Å². The Morgan fingerprint density at radius 1 is 0.950 bits per heavy atom. The lowest BCUT2D eigenvalue weighted by Crippen LogP contribution is -2.33. The van der Waals surface area contributed by atoms with Crippen molar-refractivity contribution in [3.05, 3.63) is 102 Å². The van der Waals surface area contributed by atoms with Crippen molar-refractivity contribution in [3.63, 3.8) is 0 Å². The number of anilines is 2. The van der Waals surface area contributed by atoms with Crippen molar-refractivity contribution in [2.45, 2.75) is 22.7 Å². The number of hydrogen-bond acceptors (Lipinski definition) is 7. The van der Waals surface area contributed by atoms with Crippen LogP contribution >= 0.6 is 50.6 Å². The van der Waals surface area contributed by atoms with Crippen molar-refractivity contribution in [2.75, 3.05) is 10.2 Å². The van der Waals surface area contributed by atoms with E-state index in [9.17, 15) is 24.3 Å². The predicted octanol–water partition coefficient (Wildman–Crippen LogP) is 5.47. The number of fused-ring (bicyclic) bond motifs is 2. The number of benzene rings is 3. The van der Waals surface area contributed by atoms with Gasteiger partial charge in [0, 0.05) is 26.0 Å². The first-order valence-corrected chi connectivity index (χ1v) is 15.0. The summed E-state index contributed by atoms with van der Waals surface area (Å²) >= 11 is 11.7. The van der Waals surface area contributed by atoms with E-state index in [0.717, 1.165) is 33.1 Å². The number of aromatic hydroxyl groups is 1. The van der Waals surface area contributed by atoms with Crippen LogP contribution in [0, 0.1) is 5.92 Å². The number of amides is 3. The van der Waals surface area contributed by atoms with Crippen LogP contribution in [0.15, 0.2) is 87.1 Å². The second-order valence-corrected chi connectivity index (χ2v) is 12.8. The molecule has 2 aliphatic rings. The number of thiazole rings is 1. The van der Waals surface area contributed by atoms with Crippen LogP contribution in [0.3, 0.4) is 0 Å². The summed E-state index contributed by atoms with van der Waals surface area (Å²) in [7, 11) is 0. The zero-order chi connectivity index (χ0) is 28.1. The molecule has 4 aromatic rings. The summed E-state index contributed by atoms with van der Waals surface area (Å²) in [4.78, 5) is 55.3. The lowest BCUT2D eigenvalue weighted by Gasteiger charge is -2.30. The molecule has 2 N–H and O–H groups in total. The van der Waals surface area contributed by atoms with Gasteiger partial charge in [-0.2, -0.15) is 0 Å². The molecule has 1 fully saturated rings. The molecule has 2 unspecified atom stereocenters. The highest BCUT2D eigenvalue weighted by atomic mass is 79.9. The molecule has 0 bridgehead atoms. The van der Waals surface area contributed by atoms with Crippen LogP contribution in [-0.2, 0) is 20.9 Å². The van der Waals surface area contributed by atoms with Gasteiger partial charge < -0.3 is 10.4 Å². The number of halogens is 2. The van der Waals surface area contributed by atoms with Crippen molar-refractivity contribution >= 4 is 79.7 Å². The van der Waals surface area contributed by atoms with E-state index in [-0.39, 0.29) is 29.0 Å². The number of thioether (sulfide) groups is 1. The molecule has 0 saturated carbocycles. The maximum atomic E-state index is 13.9.